The molecule has 1 atom stereocenters. The molecule has 0 saturated carbocycles. The molecule has 1 amide bonds. The summed E-state index contributed by atoms with van der Waals surface area (Å²) in [5.74, 6) is -0.317. The maximum absolute atomic E-state index is 12.5. The monoisotopic (exact) mass is 278 g/mol. The first kappa shape index (κ1) is 16.1. The Morgan fingerprint density at radius 2 is 1.90 bits per heavy atom. The molecule has 0 unspecified atom stereocenters. The van der Waals surface area contributed by atoms with Gasteiger partial charge < -0.3 is 4.90 Å². The molecule has 0 spiro atoms. The summed E-state index contributed by atoms with van der Waals surface area (Å²) in [5.41, 5.74) is 0.723. The van der Waals surface area contributed by atoms with E-state index in [1.165, 1.54) is 12.1 Å². The Hall–Kier alpha value is -1.91. The van der Waals surface area contributed by atoms with Crippen molar-refractivity contribution in [2.75, 3.05) is 13.1 Å². The molecule has 110 valence electrons. The second-order valence-corrected chi connectivity index (χ2v) is 4.90. The molecule has 0 fully saturated rings. The SMILES string of the molecule is CCCN(CCC)C(=O)[C@@H](C)c1cccc([N+](=O)[O-])c1. The van der Waals surface area contributed by atoms with Crippen molar-refractivity contribution in [2.24, 2.45) is 0 Å². The summed E-state index contributed by atoms with van der Waals surface area (Å²) < 4.78 is 0. The van der Waals surface area contributed by atoms with E-state index in [0.717, 1.165) is 25.9 Å². The summed E-state index contributed by atoms with van der Waals surface area (Å²) in [6, 6.07) is 6.32. The Morgan fingerprint density at radius 3 is 2.40 bits per heavy atom. The average molecular weight is 278 g/mol. The Bertz CT molecular complexity index is 468. The first-order valence-electron chi connectivity index (χ1n) is 7.04. The first-order valence-corrected chi connectivity index (χ1v) is 7.04. The Morgan fingerprint density at radius 1 is 1.30 bits per heavy atom. The second kappa shape index (κ2) is 7.62. The zero-order valence-electron chi connectivity index (χ0n) is 12.3. The average Bonchev–Trinajstić information content (AvgIpc) is 2.45. The number of non-ortho nitro benzene ring substituents is 1. The highest BCUT2D eigenvalue weighted by Gasteiger charge is 2.22. The molecule has 0 aromatic heterocycles. The molecule has 0 aliphatic heterocycles. The van der Waals surface area contributed by atoms with Crippen molar-refractivity contribution in [2.45, 2.75) is 39.5 Å². The van der Waals surface area contributed by atoms with Gasteiger partial charge in [-0.05, 0) is 25.3 Å². The van der Waals surface area contributed by atoms with Crippen LogP contribution in [0.25, 0.3) is 0 Å². The van der Waals surface area contributed by atoms with Gasteiger partial charge in [0.05, 0.1) is 10.8 Å². The van der Waals surface area contributed by atoms with Gasteiger partial charge >= 0.3 is 0 Å². The van der Waals surface area contributed by atoms with Crippen molar-refractivity contribution in [3.63, 3.8) is 0 Å². The number of rotatable bonds is 7. The molecule has 0 bridgehead atoms. The van der Waals surface area contributed by atoms with Crippen molar-refractivity contribution < 1.29 is 9.72 Å². The minimum Gasteiger partial charge on any atom is -0.342 e. The number of hydrogen-bond donors (Lipinski definition) is 0. The van der Waals surface area contributed by atoms with Gasteiger partial charge in [-0.15, -0.1) is 0 Å². The number of hydrogen-bond acceptors (Lipinski definition) is 3. The molecule has 1 aromatic carbocycles. The van der Waals surface area contributed by atoms with Crippen LogP contribution in [0.3, 0.4) is 0 Å². The standard InChI is InChI=1S/C15H22N2O3/c1-4-9-16(10-5-2)15(18)12(3)13-7-6-8-14(11-13)17(19)20/h6-8,11-12H,4-5,9-10H2,1-3H3/t12-/m0/s1. The Labute approximate surface area is 119 Å². The van der Waals surface area contributed by atoms with E-state index < -0.39 is 4.92 Å². The fourth-order valence-electron chi connectivity index (χ4n) is 2.20. The summed E-state index contributed by atoms with van der Waals surface area (Å²) in [6.07, 6.45) is 1.82. The van der Waals surface area contributed by atoms with Gasteiger partial charge in [-0.25, -0.2) is 0 Å². The van der Waals surface area contributed by atoms with Gasteiger partial charge in [0.2, 0.25) is 5.91 Å². The third-order valence-electron chi connectivity index (χ3n) is 3.25. The number of nitrogens with zero attached hydrogens (tertiary/aromatic N) is 2. The molecule has 0 radical (unpaired) electrons. The number of benzene rings is 1. The van der Waals surface area contributed by atoms with Gasteiger partial charge in [0.25, 0.3) is 5.69 Å². The minimum atomic E-state index is -0.434. The molecule has 1 rings (SSSR count). The van der Waals surface area contributed by atoms with Crippen LogP contribution in [0.15, 0.2) is 24.3 Å². The lowest BCUT2D eigenvalue weighted by molar-refractivity contribution is -0.384. The molecular formula is C15H22N2O3. The fraction of sp³-hybridized carbons (Fsp3) is 0.533. The lowest BCUT2D eigenvalue weighted by atomic mass is 9.99. The maximum Gasteiger partial charge on any atom is 0.269 e. The van der Waals surface area contributed by atoms with E-state index in [0.29, 0.717) is 5.56 Å². The van der Waals surface area contributed by atoms with E-state index in [1.54, 1.807) is 19.1 Å². The smallest absolute Gasteiger partial charge is 0.269 e. The van der Waals surface area contributed by atoms with Crippen molar-refractivity contribution in [3.05, 3.63) is 39.9 Å². The topological polar surface area (TPSA) is 63.5 Å². The highest BCUT2D eigenvalue weighted by Crippen LogP contribution is 2.22. The van der Waals surface area contributed by atoms with Gasteiger partial charge in [-0.3, -0.25) is 14.9 Å². The third kappa shape index (κ3) is 4.05. The fourth-order valence-corrected chi connectivity index (χ4v) is 2.20. The van der Waals surface area contributed by atoms with Crippen LogP contribution in [-0.2, 0) is 4.79 Å². The summed E-state index contributed by atoms with van der Waals surface area (Å²) >= 11 is 0. The van der Waals surface area contributed by atoms with Gasteiger partial charge in [0, 0.05) is 25.2 Å². The highest BCUT2D eigenvalue weighted by atomic mass is 16.6. The molecule has 0 N–H and O–H groups in total. The van der Waals surface area contributed by atoms with Gasteiger partial charge in [-0.1, -0.05) is 26.0 Å². The van der Waals surface area contributed by atoms with Gasteiger partial charge in [0.1, 0.15) is 0 Å². The highest BCUT2D eigenvalue weighted by molar-refractivity contribution is 5.83. The van der Waals surface area contributed by atoms with Crippen LogP contribution in [0.5, 0.6) is 0 Å². The maximum atomic E-state index is 12.5. The normalized spacial score (nSPS) is 11.9. The lowest BCUT2D eigenvalue weighted by Crippen LogP contribution is -2.35. The van der Waals surface area contributed by atoms with Crippen molar-refractivity contribution in [1.29, 1.82) is 0 Å². The molecule has 20 heavy (non-hydrogen) atoms. The molecule has 0 saturated heterocycles. The van der Waals surface area contributed by atoms with Crippen molar-refractivity contribution in [3.8, 4) is 0 Å². The van der Waals surface area contributed by atoms with E-state index >= 15 is 0 Å². The minimum absolute atomic E-state index is 0.0275. The number of nitro groups is 1. The molecular weight excluding hydrogens is 256 g/mol. The predicted molar refractivity (Wildman–Crippen MR) is 78.7 cm³/mol. The molecule has 0 aliphatic carbocycles. The van der Waals surface area contributed by atoms with Crippen molar-refractivity contribution >= 4 is 11.6 Å². The Kier molecular flexibility index (Phi) is 6.15. The second-order valence-electron chi connectivity index (χ2n) is 4.90. The summed E-state index contributed by atoms with van der Waals surface area (Å²) in [6.45, 7) is 7.33. The Balaban J connectivity index is 2.91. The van der Waals surface area contributed by atoms with Crippen LogP contribution in [0.2, 0.25) is 0 Å². The van der Waals surface area contributed by atoms with Crippen LogP contribution in [0.4, 0.5) is 5.69 Å². The van der Waals surface area contributed by atoms with E-state index in [2.05, 4.69) is 0 Å². The van der Waals surface area contributed by atoms with Gasteiger partial charge in [0.15, 0.2) is 0 Å². The van der Waals surface area contributed by atoms with Crippen LogP contribution in [0, 0.1) is 10.1 Å². The van der Waals surface area contributed by atoms with Crippen LogP contribution in [-0.4, -0.2) is 28.8 Å². The zero-order chi connectivity index (χ0) is 15.1. The predicted octanol–water partition coefficient (Wildman–Crippen LogP) is 3.35. The molecule has 5 heteroatoms. The summed E-state index contributed by atoms with van der Waals surface area (Å²) in [7, 11) is 0. The van der Waals surface area contributed by atoms with E-state index in [-0.39, 0.29) is 17.5 Å². The zero-order valence-corrected chi connectivity index (χ0v) is 12.3. The third-order valence-corrected chi connectivity index (χ3v) is 3.25. The number of carbonyl (C=O) groups is 1. The van der Waals surface area contributed by atoms with E-state index in [4.69, 9.17) is 0 Å². The molecule has 5 nitrogen and oxygen atoms in total. The summed E-state index contributed by atoms with van der Waals surface area (Å²) in [4.78, 5) is 24.7. The quantitative estimate of drug-likeness (QED) is 0.567. The van der Waals surface area contributed by atoms with Crippen LogP contribution < -0.4 is 0 Å². The van der Waals surface area contributed by atoms with Crippen LogP contribution >= 0.6 is 0 Å². The molecule has 0 aliphatic rings. The lowest BCUT2D eigenvalue weighted by Gasteiger charge is -2.25. The van der Waals surface area contributed by atoms with E-state index in [9.17, 15) is 14.9 Å². The largest absolute Gasteiger partial charge is 0.342 e. The molecule has 1 aromatic rings. The summed E-state index contributed by atoms with van der Waals surface area (Å²) in [5, 5.41) is 10.8. The first-order chi connectivity index (χ1) is 9.51. The number of carbonyl (C=O) groups excluding carboxylic acids is 1. The van der Waals surface area contributed by atoms with Crippen molar-refractivity contribution in [1.82, 2.24) is 4.90 Å². The van der Waals surface area contributed by atoms with Crippen LogP contribution in [0.1, 0.15) is 45.1 Å². The number of nitro benzene ring substituents is 1. The molecule has 0 heterocycles. The number of amides is 1. The van der Waals surface area contributed by atoms with E-state index in [1.807, 2.05) is 18.7 Å². The van der Waals surface area contributed by atoms with Gasteiger partial charge in [-0.2, -0.15) is 0 Å².